The van der Waals surface area contributed by atoms with Crippen LogP contribution >= 0.6 is 15.9 Å². The lowest BCUT2D eigenvalue weighted by molar-refractivity contribution is 0.0953. The van der Waals surface area contributed by atoms with E-state index >= 15 is 0 Å². The average molecular weight is 336 g/mol. The number of imidazole rings is 1. The smallest absolute Gasteiger partial charge is 0.251 e. The second kappa shape index (κ2) is 7.85. The first-order valence-corrected chi connectivity index (χ1v) is 7.54. The summed E-state index contributed by atoms with van der Waals surface area (Å²) >= 11 is 3.35. The molecule has 1 aromatic heterocycles. The van der Waals surface area contributed by atoms with E-state index in [1.54, 1.807) is 6.20 Å². The van der Waals surface area contributed by atoms with Gasteiger partial charge in [0.15, 0.2) is 0 Å². The van der Waals surface area contributed by atoms with E-state index in [0.29, 0.717) is 5.56 Å². The normalized spacial score (nSPS) is 10.4. The van der Waals surface area contributed by atoms with Crippen molar-refractivity contribution in [3.8, 4) is 0 Å². The minimum Gasteiger partial charge on any atom is -0.352 e. The number of aromatic nitrogens is 2. The van der Waals surface area contributed by atoms with Gasteiger partial charge in [0.2, 0.25) is 0 Å². The van der Waals surface area contributed by atoms with Crippen molar-refractivity contribution in [3.63, 3.8) is 0 Å². The molecular formula is C15H18BrN3O. The lowest BCUT2D eigenvalue weighted by Crippen LogP contribution is -2.24. The van der Waals surface area contributed by atoms with E-state index in [4.69, 9.17) is 0 Å². The maximum atomic E-state index is 11.8. The SMILES string of the molecule is O=C(NCCCCCn1ccnc1)c1ccc(Br)cc1. The third-order valence-corrected chi connectivity index (χ3v) is 3.57. The third-order valence-electron chi connectivity index (χ3n) is 3.04. The molecular weight excluding hydrogens is 318 g/mol. The molecule has 0 aliphatic carbocycles. The molecule has 2 aromatic rings. The molecule has 1 heterocycles. The number of carbonyl (C=O) groups is 1. The number of unbranched alkanes of at least 4 members (excludes halogenated alkanes) is 2. The lowest BCUT2D eigenvalue weighted by Gasteiger charge is -2.06. The Kier molecular flexibility index (Phi) is 5.80. The van der Waals surface area contributed by atoms with Crippen LogP contribution < -0.4 is 5.32 Å². The summed E-state index contributed by atoms with van der Waals surface area (Å²) in [6.45, 7) is 1.71. The van der Waals surface area contributed by atoms with Crippen LogP contribution in [0.2, 0.25) is 0 Å². The van der Waals surface area contributed by atoms with Gasteiger partial charge in [0, 0.05) is 35.5 Å². The Morgan fingerprint density at radius 3 is 2.70 bits per heavy atom. The molecule has 0 fully saturated rings. The summed E-state index contributed by atoms with van der Waals surface area (Å²) in [5.41, 5.74) is 0.701. The van der Waals surface area contributed by atoms with E-state index in [1.165, 1.54) is 0 Å². The zero-order valence-electron chi connectivity index (χ0n) is 11.3. The minimum absolute atomic E-state index is 0.00731. The van der Waals surface area contributed by atoms with Gasteiger partial charge >= 0.3 is 0 Å². The third kappa shape index (κ3) is 4.81. The first-order chi connectivity index (χ1) is 9.75. The van der Waals surface area contributed by atoms with Crippen LogP contribution in [0.3, 0.4) is 0 Å². The average Bonchev–Trinajstić information content (AvgIpc) is 2.96. The first-order valence-electron chi connectivity index (χ1n) is 6.75. The summed E-state index contributed by atoms with van der Waals surface area (Å²) in [6, 6.07) is 7.39. The molecule has 4 nitrogen and oxygen atoms in total. The Morgan fingerprint density at radius 2 is 2.00 bits per heavy atom. The quantitative estimate of drug-likeness (QED) is 0.789. The molecule has 0 radical (unpaired) electrons. The molecule has 0 unspecified atom stereocenters. The molecule has 0 saturated heterocycles. The van der Waals surface area contributed by atoms with Crippen LogP contribution in [-0.4, -0.2) is 22.0 Å². The zero-order valence-corrected chi connectivity index (χ0v) is 12.8. The second-order valence-corrected chi connectivity index (χ2v) is 5.54. The fourth-order valence-corrected chi connectivity index (χ4v) is 2.18. The number of nitrogens with one attached hydrogen (secondary N) is 1. The Hall–Kier alpha value is -1.62. The van der Waals surface area contributed by atoms with Gasteiger partial charge in [-0.2, -0.15) is 0 Å². The van der Waals surface area contributed by atoms with Gasteiger partial charge in [0.05, 0.1) is 6.33 Å². The maximum absolute atomic E-state index is 11.8. The van der Waals surface area contributed by atoms with Gasteiger partial charge in [0.25, 0.3) is 5.91 Å². The van der Waals surface area contributed by atoms with E-state index in [2.05, 4.69) is 30.8 Å². The fourth-order valence-electron chi connectivity index (χ4n) is 1.92. The van der Waals surface area contributed by atoms with Gasteiger partial charge in [-0.1, -0.05) is 15.9 Å². The van der Waals surface area contributed by atoms with E-state index < -0.39 is 0 Å². The van der Waals surface area contributed by atoms with Crippen molar-refractivity contribution < 1.29 is 4.79 Å². The summed E-state index contributed by atoms with van der Waals surface area (Å²) in [5.74, 6) is -0.00731. The van der Waals surface area contributed by atoms with Gasteiger partial charge in [0.1, 0.15) is 0 Å². The van der Waals surface area contributed by atoms with Gasteiger partial charge in [-0.05, 0) is 43.5 Å². The Morgan fingerprint density at radius 1 is 1.20 bits per heavy atom. The van der Waals surface area contributed by atoms with E-state index in [-0.39, 0.29) is 5.91 Å². The summed E-state index contributed by atoms with van der Waals surface area (Å²) < 4.78 is 3.05. The zero-order chi connectivity index (χ0) is 14.2. The van der Waals surface area contributed by atoms with Gasteiger partial charge < -0.3 is 9.88 Å². The summed E-state index contributed by atoms with van der Waals surface area (Å²) in [6.07, 6.45) is 8.78. The molecule has 5 heteroatoms. The molecule has 1 amide bonds. The number of hydrogen-bond donors (Lipinski definition) is 1. The molecule has 20 heavy (non-hydrogen) atoms. The highest BCUT2D eigenvalue weighted by atomic mass is 79.9. The van der Waals surface area contributed by atoms with Gasteiger partial charge in [-0.3, -0.25) is 4.79 Å². The molecule has 1 aromatic carbocycles. The first kappa shape index (κ1) is 14.8. The van der Waals surface area contributed by atoms with Gasteiger partial charge in [-0.15, -0.1) is 0 Å². The van der Waals surface area contributed by atoms with E-state index in [9.17, 15) is 4.79 Å². The number of nitrogens with zero attached hydrogens (tertiary/aromatic N) is 2. The van der Waals surface area contributed by atoms with Crippen LogP contribution in [0.1, 0.15) is 29.6 Å². The van der Waals surface area contributed by atoms with Crippen molar-refractivity contribution in [2.45, 2.75) is 25.8 Å². The molecule has 0 bridgehead atoms. The highest BCUT2D eigenvalue weighted by molar-refractivity contribution is 9.10. The van der Waals surface area contributed by atoms with Crippen LogP contribution in [0.15, 0.2) is 47.5 Å². The molecule has 106 valence electrons. The Balaban J connectivity index is 1.58. The second-order valence-electron chi connectivity index (χ2n) is 4.62. The van der Waals surface area contributed by atoms with Crippen molar-refractivity contribution in [1.82, 2.24) is 14.9 Å². The number of aryl methyl sites for hydroxylation is 1. The van der Waals surface area contributed by atoms with Crippen molar-refractivity contribution in [1.29, 1.82) is 0 Å². The number of benzene rings is 1. The topological polar surface area (TPSA) is 46.9 Å². The summed E-state index contributed by atoms with van der Waals surface area (Å²) in [7, 11) is 0. The maximum Gasteiger partial charge on any atom is 0.251 e. The van der Waals surface area contributed by atoms with E-state index in [1.807, 2.05) is 36.8 Å². The van der Waals surface area contributed by atoms with Crippen molar-refractivity contribution in [2.24, 2.45) is 0 Å². The van der Waals surface area contributed by atoms with Crippen LogP contribution in [0.5, 0.6) is 0 Å². The van der Waals surface area contributed by atoms with Crippen LogP contribution in [-0.2, 0) is 6.54 Å². The highest BCUT2D eigenvalue weighted by Gasteiger charge is 2.03. The van der Waals surface area contributed by atoms with Crippen LogP contribution in [0.4, 0.5) is 0 Å². The molecule has 1 N–H and O–H groups in total. The number of carbonyl (C=O) groups excluding carboxylic acids is 1. The fraction of sp³-hybridized carbons (Fsp3) is 0.333. The van der Waals surface area contributed by atoms with Crippen molar-refractivity contribution >= 4 is 21.8 Å². The number of rotatable bonds is 7. The number of hydrogen-bond acceptors (Lipinski definition) is 2. The predicted molar refractivity (Wildman–Crippen MR) is 82.6 cm³/mol. The number of amides is 1. The van der Waals surface area contributed by atoms with Crippen molar-refractivity contribution in [2.75, 3.05) is 6.54 Å². The molecule has 0 aliphatic heterocycles. The number of halogens is 1. The largest absolute Gasteiger partial charge is 0.352 e. The summed E-state index contributed by atoms with van der Waals surface area (Å²) in [4.78, 5) is 15.8. The lowest BCUT2D eigenvalue weighted by atomic mass is 10.2. The molecule has 0 spiro atoms. The summed E-state index contributed by atoms with van der Waals surface area (Å²) in [5, 5.41) is 2.94. The van der Waals surface area contributed by atoms with Crippen LogP contribution in [0.25, 0.3) is 0 Å². The van der Waals surface area contributed by atoms with Crippen molar-refractivity contribution in [3.05, 3.63) is 53.0 Å². The Labute approximate surface area is 127 Å². The highest BCUT2D eigenvalue weighted by Crippen LogP contribution is 2.10. The van der Waals surface area contributed by atoms with E-state index in [0.717, 1.165) is 36.8 Å². The molecule has 2 rings (SSSR count). The minimum atomic E-state index is -0.00731. The van der Waals surface area contributed by atoms with Crippen LogP contribution in [0, 0.1) is 0 Å². The standard InChI is InChI=1S/C15H18BrN3O/c16-14-6-4-13(5-7-14)15(20)18-8-2-1-3-10-19-11-9-17-12-19/h4-7,9,11-12H,1-3,8,10H2,(H,18,20). The Bertz CT molecular complexity index is 523. The van der Waals surface area contributed by atoms with Gasteiger partial charge in [-0.25, -0.2) is 4.98 Å². The monoisotopic (exact) mass is 335 g/mol. The molecule has 0 aliphatic rings. The molecule has 0 saturated carbocycles. The molecule has 0 atom stereocenters. The predicted octanol–water partition coefficient (Wildman–Crippen LogP) is 3.25.